The third-order valence-corrected chi connectivity index (χ3v) is 2.82. The van der Waals surface area contributed by atoms with Gasteiger partial charge in [-0.2, -0.15) is 0 Å². The second-order valence-electron chi connectivity index (χ2n) is 3.08. The van der Waals surface area contributed by atoms with Crippen molar-refractivity contribution >= 4 is 11.8 Å². The Morgan fingerprint density at radius 3 is 2.58 bits per heavy atom. The lowest BCUT2D eigenvalue weighted by Crippen LogP contribution is -2.20. The van der Waals surface area contributed by atoms with Gasteiger partial charge < -0.3 is 5.11 Å². The Bertz CT molecular complexity index is 193. The van der Waals surface area contributed by atoms with Crippen LogP contribution >= 0.6 is 11.8 Å². The third kappa shape index (κ3) is 4.48. The minimum Gasteiger partial charge on any atom is -0.385 e. The van der Waals surface area contributed by atoms with Gasteiger partial charge in [0.1, 0.15) is 0 Å². The molecule has 1 nitrogen and oxygen atoms in total. The molecule has 0 atom stereocenters. The van der Waals surface area contributed by atoms with Crippen molar-refractivity contribution in [2.75, 3.05) is 5.75 Å². The van der Waals surface area contributed by atoms with Crippen molar-refractivity contribution in [1.82, 2.24) is 0 Å². The molecule has 0 aliphatic rings. The molecular weight excluding hydrogens is 168 g/mol. The highest BCUT2D eigenvalue weighted by molar-refractivity contribution is 8.03. The number of aliphatic hydroxyl groups is 1. The summed E-state index contributed by atoms with van der Waals surface area (Å²) in [7, 11) is 0. The number of rotatable bonds is 4. The van der Waals surface area contributed by atoms with Gasteiger partial charge in [-0.05, 0) is 26.0 Å². The van der Waals surface area contributed by atoms with E-state index in [-0.39, 0.29) is 0 Å². The van der Waals surface area contributed by atoms with E-state index >= 15 is 0 Å². The summed E-state index contributed by atoms with van der Waals surface area (Å²) in [6, 6.07) is 0. The van der Waals surface area contributed by atoms with E-state index in [1.165, 1.54) is 0 Å². The normalized spacial score (nSPS) is 12.8. The summed E-state index contributed by atoms with van der Waals surface area (Å²) in [5.41, 5.74) is -0.799. The highest BCUT2D eigenvalue weighted by atomic mass is 32.2. The van der Waals surface area contributed by atoms with Crippen LogP contribution in [0.4, 0.5) is 0 Å². The molecule has 0 bridgehead atoms. The van der Waals surface area contributed by atoms with Crippen LogP contribution in [0, 0.1) is 12.3 Å². The standard InChI is InChI=1S/C10H16OS/c1-5-7-9(10(3,4)11)12-8-6-2/h1,7,11H,6,8H2,2-4H3. The Balaban J connectivity index is 4.28. The van der Waals surface area contributed by atoms with Crippen LogP contribution in [-0.4, -0.2) is 16.5 Å². The molecule has 0 saturated carbocycles. The van der Waals surface area contributed by atoms with E-state index in [4.69, 9.17) is 6.42 Å². The van der Waals surface area contributed by atoms with E-state index in [0.717, 1.165) is 17.1 Å². The van der Waals surface area contributed by atoms with E-state index in [1.807, 2.05) is 0 Å². The largest absolute Gasteiger partial charge is 0.385 e. The van der Waals surface area contributed by atoms with Crippen LogP contribution in [0.1, 0.15) is 27.2 Å². The van der Waals surface area contributed by atoms with Crippen LogP contribution < -0.4 is 0 Å². The molecule has 2 heteroatoms. The van der Waals surface area contributed by atoms with Crippen molar-refractivity contribution in [1.29, 1.82) is 0 Å². The fraction of sp³-hybridized carbons (Fsp3) is 0.600. The second kappa shape index (κ2) is 5.29. The molecule has 0 aliphatic heterocycles. The maximum atomic E-state index is 9.65. The van der Waals surface area contributed by atoms with E-state index in [9.17, 15) is 5.11 Å². The molecule has 68 valence electrons. The smallest absolute Gasteiger partial charge is 0.0904 e. The Labute approximate surface area is 79.3 Å². The van der Waals surface area contributed by atoms with Gasteiger partial charge in [0, 0.05) is 11.0 Å². The molecular formula is C10H16OS. The van der Waals surface area contributed by atoms with Crippen molar-refractivity contribution < 1.29 is 5.11 Å². The lowest BCUT2D eigenvalue weighted by atomic mass is 10.1. The number of thioether (sulfide) groups is 1. The van der Waals surface area contributed by atoms with Crippen molar-refractivity contribution in [2.24, 2.45) is 0 Å². The van der Waals surface area contributed by atoms with Crippen LogP contribution in [0.25, 0.3) is 0 Å². The summed E-state index contributed by atoms with van der Waals surface area (Å²) in [6.45, 7) is 5.60. The average molecular weight is 184 g/mol. The zero-order chi connectivity index (χ0) is 9.61. The van der Waals surface area contributed by atoms with E-state index in [0.29, 0.717) is 0 Å². The quantitative estimate of drug-likeness (QED) is 0.677. The summed E-state index contributed by atoms with van der Waals surface area (Å²) in [4.78, 5) is 0.867. The van der Waals surface area contributed by atoms with Crippen LogP contribution in [0.15, 0.2) is 11.0 Å². The number of hydrogen-bond acceptors (Lipinski definition) is 2. The molecule has 1 N–H and O–H groups in total. The van der Waals surface area contributed by atoms with Gasteiger partial charge in [-0.25, -0.2) is 0 Å². The lowest BCUT2D eigenvalue weighted by molar-refractivity contribution is 0.129. The Kier molecular flexibility index (Phi) is 5.12. The molecule has 0 fully saturated rings. The van der Waals surface area contributed by atoms with Gasteiger partial charge in [0.2, 0.25) is 0 Å². The van der Waals surface area contributed by atoms with Crippen molar-refractivity contribution in [3.8, 4) is 12.3 Å². The predicted molar refractivity (Wildman–Crippen MR) is 56.0 cm³/mol. The first-order chi connectivity index (χ1) is 5.52. The molecule has 0 unspecified atom stereocenters. The molecule has 12 heavy (non-hydrogen) atoms. The minimum absolute atomic E-state index is 0.799. The summed E-state index contributed by atoms with van der Waals surface area (Å²) < 4.78 is 0. The first-order valence-corrected chi connectivity index (χ1v) is 5.03. The molecule has 0 saturated heterocycles. The van der Waals surface area contributed by atoms with Crippen LogP contribution in [-0.2, 0) is 0 Å². The van der Waals surface area contributed by atoms with E-state index < -0.39 is 5.60 Å². The van der Waals surface area contributed by atoms with Crippen LogP contribution in [0.3, 0.4) is 0 Å². The van der Waals surface area contributed by atoms with Crippen LogP contribution in [0.2, 0.25) is 0 Å². The molecule has 0 aromatic heterocycles. The van der Waals surface area contributed by atoms with Gasteiger partial charge in [-0.3, -0.25) is 0 Å². The van der Waals surface area contributed by atoms with Gasteiger partial charge in [-0.1, -0.05) is 12.8 Å². The van der Waals surface area contributed by atoms with Crippen LogP contribution in [0.5, 0.6) is 0 Å². The first kappa shape index (κ1) is 11.6. The maximum absolute atomic E-state index is 9.65. The molecule has 0 aromatic carbocycles. The summed E-state index contributed by atoms with van der Waals surface area (Å²) in [6.07, 6.45) is 7.87. The molecule has 0 spiro atoms. The fourth-order valence-corrected chi connectivity index (χ4v) is 1.61. The highest BCUT2D eigenvalue weighted by Crippen LogP contribution is 2.27. The van der Waals surface area contributed by atoms with Gasteiger partial charge in [0.25, 0.3) is 0 Å². The fourth-order valence-electron chi connectivity index (χ4n) is 0.683. The minimum atomic E-state index is -0.799. The van der Waals surface area contributed by atoms with Crippen molar-refractivity contribution in [3.05, 3.63) is 11.0 Å². The number of allylic oxidation sites excluding steroid dienone is 1. The molecule has 0 amide bonds. The SMILES string of the molecule is C#CC=C(SCCC)C(C)(C)O. The number of terminal acetylenes is 1. The third-order valence-electron chi connectivity index (χ3n) is 1.28. The predicted octanol–water partition coefficient (Wildman–Crippen LogP) is 2.42. The Hall–Kier alpha value is -0.390. The first-order valence-electron chi connectivity index (χ1n) is 4.04. The summed E-state index contributed by atoms with van der Waals surface area (Å²) in [5.74, 6) is 3.44. The highest BCUT2D eigenvalue weighted by Gasteiger charge is 2.18. The molecule has 0 rings (SSSR count). The zero-order valence-corrected chi connectivity index (χ0v) is 8.74. The Morgan fingerprint density at radius 2 is 2.25 bits per heavy atom. The summed E-state index contributed by atoms with van der Waals surface area (Å²) in [5, 5.41) is 9.65. The second-order valence-corrected chi connectivity index (χ2v) is 4.22. The van der Waals surface area contributed by atoms with Gasteiger partial charge in [0.05, 0.1) is 5.60 Å². The van der Waals surface area contributed by atoms with E-state index in [2.05, 4.69) is 12.8 Å². The summed E-state index contributed by atoms with van der Waals surface area (Å²) >= 11 is 1.62. The molecule has 0 heterocycles. The Morgan fingerprint density at radius 1 is 1.67 bits per heavy atom. The van der Waals surface area contributed by atoms with Gasteiger partial charge >= 0.3 is 0 Å². The zero-order valence-electron chi connectivity index (χ0n) is 7.92. The van der Waals surface area contributed by atoms with Crippen molar-refractivity contribution in [2.45, 2.75) is 32.8 Å². The molecule has 0 aromatic rings. The van der Waals surface area contributed by atoms with E-state index in [1.54, 1.807) is 31.7 Å². The lowest BCUT2D eigenvalue weighted by Gasteiger charge is -2.20. The topological polar surface area (TPSA) is 20.2 Å². The maximum Gasteiger partial charge on any atom is 0.0904 e. The monoisotopic (exact) mass is 184 g/mol. The van der Waals surface area contributed by atoms with Gasteiger partial charge in [0.15, 0.2) is 0 Å². The van der Waals surface area contributed by atoms with Gasteiger partial charge in [-0.15, -0.1) is 18.2 Å². The van der Waals surface area contributed by atoms with Crippen molar-refractivity contribution in [3.63, 3.8) is 0 Å². The molecule has 0 aliphatic carbocycles. The molecule has 0 radical (unpaired) electrons. The average Bonchev–Trinajstić information content (AvgIpc) is 1.95. The number of hydrogen-bond donors (Lipinski definition) is 1.